The normalized spacial score (nSPS) is 9.67. The predicted octanol–water partition coefficient (Wildman–Crippen LogP) is 2.44. The molecule has 0 heterocycles. The van der Waals surface area contributed by atoms with Crippen molar-refractivity contribution in [3.63, 3.8) is 0 Å². The first kappa shape index (κ1) is 11.3. The topological polar surface area (TPSA) is 21.6 Å². The van der Waals surface area contributed by atoms with Gasteiger partial charge in [0.25, 0.3) is 0 Å². The van der Waals surface area contributed by atoms with Crippen molar-refractivity contribution in [3.05, 3.63) is 0 Å². The smallest absolute Gasteiger partial charge is 0.106 e. The fourth-order valence-electron chi connectivity index (χ4n) is 0.220. The molecule has 0 atom stereocenters. The molecule has 9 heavy (non-hydrogen) atoms. The number of hydrogen-bond donors (Lipinski definition) is 0. The Morgan fingerprint density at radius 2 is 1.89 bits per heavy atom. The highest BCUT2D eigenvalue weighted by Crippen LogP contribution is 1.81. The Morgan fingerprint density at radius 3 is 2.00 bits per heavy atom. The fourth-order valence-corrected chi connectivity index (χ4v) is 0.220. The van der Waals surface area contributed by atoms with E-state index in [0.29, 0.717) is 0 Å². The largest absolute Gasteiger partial charge is 0.399 e. The van der Waals surface area contributed by atoms with Gasteiger partial charge in [0.05, 0.1) is 5.71 Å². The number of rotatable bonds is 2. The summed E-state index contributed by atoms with van der Waals surface area (Å²) in [6, 6.07) is 0. The van der Waals surface area contributed by atoms with Gasteiger partial charge in [-0.1, -0.05) is 25.9 Å². The summed E-state index contributed by atoms with van der Waals surface area (Å²) >= 11 is 0. The predicted molar refractivity (Wildman–Crippen MR) is 41.8 cm³/mol. The van der Waals surface area contributed by atoms with Crippen LogP contribution in [0.2, 0.25) is 0 Å². The summed E-state index contributed by atoms with van der Waals surface area (Å²) in [5.74, 6) is 0. The summed E-state index contributed by atoms with van der Waals surface area (Å²) in [5.41, 5.74) is 1.03. The minimum Gasteiger partial charge on any atom is -0.399 e. The van der Waals surface area contributed by atoms with Crippen molar-refractivity contribution in [1.82, 2.24) is 0 Å². The van der Waals surface area contributed by atoms with Gasteiger partial charge in [-0.2, -0.15) is 0 Å². The van der Waals surface area contributed by atoms with Crippen molar-refractivity contribution >= 4 is 5.71 Å². The third-order valence-corrected chi connectivity index (χ3v) is 0.759. The van der Waals surface area contributed by atoms with E-state index in [1.807, 2.05) is 27.7 Å². The van der Waals surface area contributed by atoms with E-state index in [0.717, 1.165) is 12.1 Å². The molecule has 0 spiro atoms. The van der Waals surface area contributed by atoms with E-state index < -0.39 is 0 Å². The SMILES string of the molecule is CC.CC/C(C)=N\OC. The Hall–Kier alpha value is -0.530. The van der Waals surface area contributed by atoms with Gasteiger partial charge >= 0.3 is 0 Å². The molecule has 0 amide bonds. The lowest BCUT2D eigenvalue weighted by Crippen LogP contribution is -1.86. The molecular weight excluding hydrogens is 114 g/mol. The maximum Gasteiger partial charge on any atom is 0.106 e. The highest BCUT2D eigenvalue weighted by Gasteiger charge is 1.79. The van der Waals surface area contributed by atoms with E-state index in [4.69, 9.17) is 0 Å². The van der Waals surface area contributed by atoms with Gasteiger partial charge in [-0.3, -0.25) is 0 Å². The van der Waals surface area contributed by atoms with Crippen LogP contribution in [0.5, 0.6) is 0 Å². The lowest BCUT2D eigenvalue weighted by molar-refractivity contribution is 0.212. The van der Waals surface area contributed by atoms with Crippen LogP contribution in [0, 0.1) is 0 Å². The molecule has 0 aliphatic heterocycles. The fraction of sp³-hybridized carbons (Fsp3) is 0.857. The maximum atomic E-state index is 4.48. The molecule has 0 aliphatic carbocycles. The summed E-state index contributed by atoms with van der Waals surface area (Å²) in [7, 11) is 1.55. The monoisotopic (exact) mass is 131 g/mol. The van der Waals surface area contributed by atoms with Crippen molar-refractivity contribution in [2.45, 2.75) is 34.1 Å². The van der Waals surface area contributed by atoms with Gasteiger partial charge in [0.1, 0.15) is 7.11 Å². The highest BCUT2D eigenvalue weighted by atomic mass is 16.6. The second-order valence-electron chi connectivity index (χ2n) is 1.36. The molecule has 0 fully saturated rings. The van der Waals surface area contributed by atoms with E-state index in [9.17, 15) is 0 Å². The zero-order chi connectivity index (χ0) is 7.70. The van der Waals surface area contributed by atoms with Gasteiger partial charge < -0.3 is 4.84 Å². The van der Waals surface area contributed by atoms with Crippen molar-refractivity contribution in [1.29, 1.82) is 0 Å². The van der Waals surface area contributed by atoms with E-state index >= 15 is 0 Å². The molecule has 2 heteroatoms. The minimum absolute atomic E-state index is 0.966. The molecule has 0 aromatic heterocycles. The first-order valence-electron chi connectivity index (χ1n) is 3.38. The van der Waals surface area contributed by atoms with Crippen LogP contribution in [0.25, 0.3) is 0 Å². The van der Waals surface area contributed by atoms with Crippen LogP contribution in [-0.2, 0) is 4.84 Å². The summed E-state index contributed by atoms with van der Waals surface area (Å²) < 4.78 is 0. The number of hydrogen-bond acceptors (Lipinski definition) is 2. The second kappa shape index (κ2) is 10.5. The molecule has 0 N–H and O–H groups in total. The van der Waals surface area contributed by atoms with Crippen molar-refractivity contribution in [2.24, 2.45) is 5.16 Å². The Bertz CT molecular complexity index is 69.3. The van der Waals surface area contributed by atoms with Crippen LogP contribution in [-0.4, -0.2) is 12.8 Å². The van der Waals surface area contributed by atoms with Gasteiger partial charge in [0.2, 0.25) is 0 Å². The van der Waals surface area contributed by atoms with E-state index in [1.165, 1.54) is 0 Å². The molecule has 0 aliphatic rings. The summed E-state index contributed by atoms with van der Waals surface area (Å²) in [5, 5.41) is 3.66. The summed E-state index contributed by atoms with van der Waals surface area (Å²) in [6.07, 6.45) is 0.966. The summed E-state index contributed by atoms with van der Waals surface area (Å²) in [4.78, 5) is 4.48. The number of nitrogens with zero attached hydrogens (tertiary/aromatic N) is 1. The first-order valence-corrected chi connectivity index (χ1v) is 3.38. The zero-order valence-electron chi connectivity index (χ0n) is 7.06. The molecule has 0 aromatic rings. The van der Waals surface area contributed by atoms with E-state index in [-0.39, 0.29) is 0 Å². The van der Waals surface area contributed by atoms with Crippen molar-refractivity contribution in [2.75, 3.05) is 7.11 Å². The molecule has 0 saturated carbocycles. The molecule has 2 nitrogen and oxygen atoms in total. The minimum atomic E-state index is 0.966. The average Bonchev–Trinajstić information content (AvgIpc) is 1.93. The van der Waals surface area contributed by atoms with Crippen LogP contribution >= 0.6 is 0 Å². The van der Waals surface area contributed by atoms with Crippen LogP contribution in [0.3, 0.4) is 0 Å². The van der Waals surface area contributed by atoms with Gasteiger partial charge in [-0.25, -0.2) is 0 Å². The van der Waals surface area contributed by atoms with Crippen LogP contribution in [0.15, 0.2) is 5.16 Å². The van der Waals surface area contributed by atoms with Gasteiger partial charge in [0.15, 0.2) is 0 Å². The Labute approximate surface area is 57.9 Å². The zero-order valence-corrected chi connectivity index (χ0v) is 7.06. The first-order chi connectivity index (χ1) is 4.31. The van der Waals surface area contributed by atoms with E-state index in [1.54, 1.807) is 7.11 Å². The Morgan fingerprint density at radius 1 is 1.44 bits per heavy atom. The standard InChI is InChI=1S/C5H11NO.C2H6/c1-4-5(2)6-7-3;1-2/h4H2,1-3H3;1-2H3/b6-5-;. The molecule has 56 valence electrons. The van der Waals surface area contributed by atoms with Crippen LogP contribution < -0.4 is 0 Å². The molecular formula is C7H17NO. The lowest BCUT2D eigenvalue weighted by atomic mass is 10.3. The molecule has 0 radical (unpaired) electrons. The average molecular weight is 131 g/mol. The van der Waals surface area contributed by atoms with Crippen LogP contribution in [0.1, 0.15) is 34.1 Å². The quantitative estimate of drug-likeness (QED) is 0.416. The molecule has 0 rings (SSSR count). The molecule has 0 saturated heterocycles. The van der Waals surface area contributed by atoms with Gasteiger partial charge in [-0.05, 0) is 13.3 Å². The van der Waals surface area contributed by atoms with Gasteiger partial charge in [0, 0.05) is 0 Å². The van der Waals surface area contributed by atoms with Crippen LogP contribution in [0.4, 0.5) is 0 Å². The molecule has 0 aromatic carbocycles. The number of oxime groups is 1. The molecule has 0 bridgehead atoms. The lowest BCUT2D eigenvalue weighted by Gasteiger charge is -1.88. The summed E-state index contributed by atoms with van der Waals surface area (Å²) in [6.45, 7) is 7.97. The van der Waals surface area contributed by atoms with Gasteiger partial charge in [-0.15, -0.1) is 0 Å². The molecule has 0 unspecified atom stereocenters. The second-order valence-corrected chi connectivity index (χ2v) is 1.36. The third-order valence-electron chi connectivity index (χ3n) is 0.759. The Balaban J connectivity index is 0. The van der Waals surface area contributed by atoms with Crippen molar-refractivity contribution in [3.8, 4) is 0 Å². The van der Waals surface area contributed by atoms with E-state index in [2.05, 4.69) is 9.99 Å². The Kier molecular flexibility index (Phi) is 13.1. The highest BCUT2D eigenvalue weighted by molar-refractivity contribution is 5.80. The van der Waals surface area contributed by atoms with Crippen molar-refractivity contribution < 1.29 is 4.84 Å². The third kappa shape index (κ3) is 11.2. The maximum absolute atomic E-state index is 4.48.